The highest BCUT2D eigenvalue weighted by atomic mass is 16.6. The molecule has 0 bridgehead atoms. The van der Waals surface area contributed by atoms with E-state index in [0.717, 1.165) is 18.5 Å². The van der Waals surface area contributed by atoms with E-state index in [0.29, 0.717) is 16.7 Å². The minimum Gasteiger partial charge on any atom is -0.454 e. The zero-order valence-electron chi connectivity index (χ0n) is 17.4. The number of ether oxygens (including phenoxy) is 1. The van der Waals surface area contributed by atoms with Gasteiger partial charge < -0.3 is 20.4 Å². The number of rotatable bonds is 4. The van der Waals surface area contributed by atoms with Crippen molar-refractivity contribution in [2.45, 2.75) is 44.8 Å². The predicted octanol–water partition coefficient (Wildman–Crippen LogP) is 3.60. The van der Waals surface area contributed by atoms with Gasteiger partial charge in [-0.2, -0.15) is 0 Å². The maximum absolute atomic E-state index is 12.9. The number of hydrogen-bond donors (Lipinski definition) is 3. The number of esters is 1. The maximum Gasteiger partial charge on any atom is 0.374 e. The molecule has 0 saturated carbocycles. The molecule has 1 aliphatic heterocycles. The van der Waals surface area contributed by atoms with Gasteiger partial charge in [-0.15, -0.1) is 0 Å². The first kappa shape index (κ1) is 20.1. The molecule has 1 amide bonds. The van der Waals surface area contributed by atoms with E-state index >= 15 is 0 Å². The number of carbonyl (C=O) groups excluding carboxylic acids is 2. The lowest BCUT2D eigenvalue weighted by Gasteiger charge is -2.19. The fourth-order valence-corrected chi connectivity index (χ4v) is 3.77. The van der Waals surface area contributed by atoms with Crippen LogP contribution in [0.15, 0.2) is 48.5 Å². The Bertz CT molecular complexity index is 1070. The van der Waals surface area contributed by atoms with Crippen LogP contribution in [0.4, 0.5) is 5.69 Å². The van der Waals surface area contributed by atoms with Gasteiger partial charge in [-0.25, -0.2) is 9.78 Å². The van der Waals surface area contributed by atoms with Gasteiger partial charge in [-0.3, -0.25) is 4.79 Å². The summed E-state index contributed by atoms with van der Waals surface area (Å²) < 4.78 is 5.36. The Hall–Kier alpha value is -3.19. The van der Waals surface area contributed by atoms with Gasteiger partial charge in [0.05, 0.1) is 17.1 Å². The predicted molar refractivity (Wildman–Crippen MR) is 115 cm³/mol. The second kappa shape index (κ2) is 7.91. The molecule has 0 aliphatic carbocycles. The van der Waals surface area contributed by atoms with Gasteiger partial charge in [0.25, 0.3) is 0 Å². The number of hydrogen-bond acceptors (Lipinski definition) is 5. The zero-order chi connectivity index (χ0) is 21.3. The summed E-state index contributed by atoms with van der Waals surface area (Å²) in [6.45, 7) is 6.22. The highest BCUT2D eigenvalue weighted by Crippen LogP contribution is 2.28. The van der Waals surface area contributed by atoms with E-state index in [2.05, 4.69) is 32.7 Å². The summed E-state index contributed by atoms with van der Waals surface area (Å²) in [5.41, 5.74) is 2.50. The Labute approximate surface area is 175 Å². The second-order valence-corrected chi connectivity index (χ2v) is 8.55. The fourth-order valence-electron chi connectivity index (χ4n) is 3.77. The van der Waals surface area contributed by atoms with E-state index in [1.807, 2.05) is 18.2 Å². The molecule has 1 aromatic heterocycles. The number of nitrogens with one attached hydrogen (secondary N) is 3. The third-order valence-corrected chi connectivity index (χ3v) is 5.07. The molecular formula is C23H26N4O3. The van der Waals surface area contributed by atoms with Crippen LogP contribution in [0, 0.1) is 0 Å². The molecule has 3 aromatic rings. The average Bonchev–Trinajstić information content (AvgIpc) is 3.34. The van der Waals surface area contributed by atoms with Crippen LogP contribution in [0.1, 0.15) is 49.3 Å². The van der Waals surface area contributed by atoms with Gasteiger partial charge in [0.2, 0.25) is 11.7 Å². The van der Waals surface area contributed by atoms with E-state index in [4.69, 9.17) is 4.74 Å². The summed E-state index contributed by atoms with van der Waals surface area (Å²) in [6, 6.07) is 15.1. The third kappa shape index (κ3) is 4.36. The molecule has 30 heavy (non-hydrogen) atoms. The highest BCUT2D eigenvalue weighted by molar-refractivity contribution is 5.98. The molecule has 1 fully saturated rings. The number of benzene rings is 2. The van der Waals surface area contributed by atoms with Crippen molar-refractivity contribution in [1.29, 1.82) is 0 Å². The van der Waals surface area contributed by atoms with Crippen molar-refractivity contribution in [1.82, 2.24) is 15.3 Å². The highest BCUT2D eigenvalue weighted by Gasteiger charge is 2.33. The first-order valence-electron chi connectivity index (χ1n) is 10.1. The molecule has 2 heterocycles. The van der Waals surface area contributed by atoms with Crippen LogP contribution in [0.3, 0.4) is 0 Å². The summed E-state index contributed by atoms with van der Waals surface area (Å²) in [4.78, 5) is 32.4. The molecular weight excluding hydrogens is 380 g/mol. The number of carbonyl (C=O) groups is 2. The minimum absolute atomic E-state index is 0.0763. The van der Waals surface area contributed by atoms with E-state index in [9.17, 15) is 9.59 Å². The molecule has 0 unspecified atom stereocenters. The van der Waals surface area contributed by atoms with Crippen molar-refractivity contribution in [2.75, 3.05) is 11.9 Å². The monoisotopic (exact) mass is 406 g/mol. The largest absolute Gasteiger partial charge is 0.454 e. The number of imidazole rings is 1. The summed E-state index contributed by atoms with van der Waals surface area (Å²) >= 11 is 0. The van der Waals surface area contributed by atoms with Crippen molar-refractivity contribution in [2.24, 2.45) is 0 Å². The summed E-state index contributed by atoms with van der Waals surface area (Å²) in [5, 5.41) is 6.30. The van der Waals surface area contributed by atoms with Gasteiger partial charge in [0, 0.05) is 11.6 Å². The number of aromatic nitrogens is 2. The molecule has 0 radical (unpaired) electrons. The normalized spacial score (nSPS) is 19.0. The molecule has 156 valence electrons. The number of anilines is 1. The minimum atomic E-state index is -0.598. The number of aromatic amines is 1. The van der Waals surface area contributed by atoms with Gasteiger partial charge in [0.1, 0.15) is 5.60 Å². The van der Waals surface area contributed by atoms with Crippen LogP contribution in [-0.2, 0) is 9.53 Å². The van der Waals surface area contributed by atoms with Crippen LogP contribution < -0.4 is 10.6 Å². The van der Waals surface area contributed by atoms with Crippen LogP contribution in [0.25, 0.3) is 11.0 Å². The average molecular weight is 406 g/mol. The van der Waals surface area contributed by atoms with Crippen LogP contribution >= 0.6 is 0 Å². The molecule has 1 saturated heterocycles. The molecule has 3 N–H and O–H groups in total. The van der Waals surface area contributed by atoms with Crippen molar-refractivity contribution in [3.63, 3.8) is 0 Å². The number of nitrogens with zero attached hydrogens (tertiary/aromatic N) is 1. The fraction of sp³-hybridized carbons (Fsp3) is 0.348. The van der Waals surface area contributed by atoms with Gasteiger partial charge in [-0.1, -0.05) is 30.3 Å². The Morgan fingerprint density at radius 3 is 2.63 bits per heavy atom. The summed E-state index contributed by atoms with van der Waals surface area (Å²) in [5.74, 6) is -0.302. The molecule has 4 rings (SSSR count). The molecule has 2 atom stereocenters. The number of amides is 1. The van der Waals surface area contributed by atoms with Gasteiger partial charge >= 0.3 is 5.97 Å². The number of fused-ring (bicyclic) bond motifs is 1. The lowest BCUT2D eigenvalue weighted by molar-refractivity contribution is -0.118. The van der Waals surface area contributed by atoms with Crippen LogP contribution in [0.5, 0.6) is 0 Å². The molecule has 2 aromatic carbocycles. The Morgan fingerprint density at radius 2 is 1.90 bits per heavy atom. The number of H-pyrrole nitrogens is 1. The Kier molecular flexibility index (Phi) is 5.30. The van der Waals surface area contributed by atoms with E-state index in [1.165, 1.54) is 0 Å². The zero-order valence-corrected chi connectivity index (χ0v) is 17.4. The second-order valence-electron chi connectivity index (χ2n) is 8.55. The van der Waals surface area contributed by atoms with Crippen molar-refractivity contribution >= 4 is 28.6 Å². The lowest BCUT2D eigenvalue weighted by atomic mass is 9.91. The molecule has 0 spiro atoms. The summed E-state index contributed by atoms with van der Waals surface area (Å²) in [7, 11) is 0. The summed E-state index contributed by atoms with van der Waals surface area (Å²) in [6.07, 6.45) is 0.918. The quantitative estimate of drug-likeness (QED) is 0.575. The van der Waals surface area contributed by atoms with Crippen molar-refractivity contribution in [3.8, 4) is 0 Å². The van der Waals surface area contributed by atoms with Gasteiger partial charge in [-0.05, 0) is 57.5 Å². The molecule has 7 heteroatoms. The van der Waals surface area contributed by atoms with Crippen LogP contribution in [-0.4, -0.2) is 40.0 Å². The van der Waals surface area contributed by atoms with Crippen molar-refractivity contribution in [3.05, 3.63) is 59.9 Å². The first-order chi connectivity index (χ1) is 14.3. The maximum atomic E-state index is 12.9. The standard InChI is InChI=1S/C23H26N4O3/c1-23(2,3)30-22(29)20-26-17-10-9-15(13-18(17)27-20)25-21(28)19-16(11-12-24-19)14-7-5-4-6-8-14/h4-10,13,16,19,24H,11-12H2,1-3H3,(H,25,28)(H,26,27)/t16-,19+/m1/s1. The van der Waals surface area contributed by atoms with E-state index in [-0.39, 0.29) is 23.7 Å². The van der Waals surface area contributed by atoms with Crippen molar-refractivity contribution < 1.29 is 14.3 Å². The van der Waals surface area contributed by atoms with Gasteiger partial charge in [0.15, 0.2) is 0 Å². The Morgan fingerprint density at radius 1 is 1.13 bits per heavy atom. The smallest absolute Gasteiger partial charge is 0.374 e. The molecule has 1 aliphatic rings. The molecule has 7 nitrogen and oxygen atoms in total. The Balaban J connectivity index is 1.49. The van der Waals surface area contributed by atoms with E-state index in [1.54, 1.807) is 39.0 Å². The third-order valence-electron chi connectivity index (χ3n) is 5.07. The first-order valence-corrected chi connectivity index (χ1v) is 10.1. The topological polar surface area (TPSA) is 96.1 Å². The SMILES string of the molecule is CC(C)(C)OC(=O)c1nc2ccc(NC(=O)[C@H]3NCC[C@@H]3c3ccccc3)cc2[nH]1. The van der Waals surface area contributed by atoms with Crippen LogP contribution in [0.2, 0.25) is 0 Å². The lowest BCUT2D eigenvalue weighted by Crippen LogP contribution is -2.39. The van der Waals surface area contributed by atoms with E-state index < -0.39 is 11.6 Å².